The Balaban J connectivity index is 2.34. The summed E-state index contributed by atoms with van der Waals surface area (Å²) in [6.45, 7) is 7.84. The summed E-state index contributed by atoms with van der Waals surface area (Å²) in [6.07, 6.45) is 0.712. The SMILES string of the molecule is CCCN(CC(=O)c1c(C)c(C(=O)OCC)n(C)c1C)C(=O)c1cccc(OC)c1. The van der Waals surface area contributed by atoms with Gasteiger partial charge >= 0.3 is 5.97 Å². The highest BCUT2D eigenvalue weighted by molar-refractivity contribution is 6.06. The van der Waals surface area contributed by atoms with E-state index in [0.29, 0.717) is 46.8 Å². The minimum Gasteiger partial charge on any atom is -0.497 e. The molecule has 0 N–H and O–H groups in total. The Labute approximate surface area is 177 Å². The Morgan fingerprint density at radius 2 is 1.83 bits per heavy atom. The second-order valence-electron chi connectivity index (χ2n) is 7.10. The van der Waals surface area contributed by atoms with E-state index >= 15 is 0 Å². The van der Waals surface area contributed by atoms with Gasteiger partial charge in [0.1, 0.15) is 11.4 Å². The summed E-state index contributed by atoms with van der Waals surface area (Å²) in [5, 5.41) is 0. The molecular weight excluding hydrogens is 384 g/mol. The number of benzene rings is 1. The Morgan fingerprint density at radius 3 is 2.43 bits per heavy atom. The van der Waals surface area contributed by atoms with Gasteiger partial charge in [0.15, 0.2) is 5.78 Å². The molecule has 1 amide bonds. The molecule has 0 bridgehead atoms. The molecule has 0 unspecified atom stereocenters. The fourth-order valence-electron chi connectivity index (χ4n) is 3.59. The minimum atomic E-state index is -0.461. The second-order valence-corrected chi connectivity index (χ2v) is 7.10. The summed E-state index contributed by atoms with van der Waals surface area (Å²) < 4.78 is 12.0. The van der Waals surface area contributed by atoms with E-state index in [1.165, 1.54) is 4.90 Å². The van der Waals surface area contributed by atoms with Crippen LogP contribution in [-0.4, -0.2) is 53.9 Å². The molecule has 1 heterocycles. The van der Waals surface area contributed by atoms with E-state index in [2.05, 4.69) is 0 Å². The van der Waals surface area contributed by atoms with E-state index in [0.717, 1.165) is 0 Å². The van der Waals surface area contributed by atoms with Gasteiger partial charge in [-0.05, 0) is 51.0 Å². The fraction of sp³-hybridized carbons (Fsp3) is 0.435. The van der Waals surface area contributed by atoms with Crippen LogP contribution >= 0.6 is 0 Å². The van der Waals surface area contributed by atoms with Crippen molar-refractivity contribution in [2.75, 3.05) is 26.8 Å². The second kappa shape index (κ2) is 10.1. The lowest BCUT2D eigenvalue weighted by molar-refractivity contribution is 0.0514. The lowest BCUT2D eigenvalue weighted by Gasteiger charge is -2.22. The number of rotatable bonds is 9. The third kappa shape index (κ3) is 4.72. The molecule has 0 fully saturated rings. The van der Waals surface area contributed by atoms with E-state index in [1.807, 2.05) is 6.92 Å². The van der Waals surface area contributed by atoms with Crippen molar-refractivity contribution in [2.45, 2.75) is 34.1 Å². The Hall–Kier alpha value is -3.09. The quantitative estimate of drug-likeness (QED) is 0.463. The van der Waals surface area contributed by atoms with E-state index in [-0.39, 0.29) is 24.8 Å². The van der Waals surface area contributed by atoms with Crippen LogP contribution in [-0.2, 0) is 11.8 Å². The average Bonchev–Trinajstić information content (AvgIpc) is 2.95. The maximum absolute atomic E-state index is 13.2. The molecule has 0 saturated heterocycles. The van der Waals surface area contributed by atoms with Gasteiger partial charge in [-0.25, -0.2) is 4.79 Å². The Bertz CT molecular complexity index is 945. The van der Waals surface area contributed by atoms with E-state index in [4.69, 9.17) is 9.47 Å². The lowest BCUT2D eigenvalue weighted by atomic mass is 10.0. The van der Waals surface area contributed by atoms with Crippen molar-refractivity contribution in [3.8, 4) is 5.75 Å². The van der Waals surface area contributed by atoms with Gasteiger partial charge < -0.3 is 18.9 Å². The smallest absolute Gasteiger partial charge is 0.355 e. The standard InChI is InChI=1S/C23H30N2O5/c1-7-12-25(22(27)17-10-9-11-18(13-17)29-6)14-19(26)20-15(3)21(23(28)30-8-2)24(5)16(20)4/h9-11,13H,7-8,12,14H2,1-6H3. The lowest BCUT2D eigenvalue weighted by Crippen LogP contribution is -2.36. The summed E-state index contributed by atoms with van der Waals surface area (Å²) in [6, 6.07) is 6.87. The molecule has 7 heteroatoms. The Kier molecular flexibility index (Phi) is 7.80. The van der Waals surface area contributed by atoms with Crippen molar-refractivity contribution in [2.24, 2.45) is 7.05 Å². The molecule has 0 saturated carbocycles. The largest absolute Gasteiger partial charge is 0.497 e. The number of amides is 1. The molecular formula is C23H30N2O5. The monoisotopic (exact) mass is 414 g/mol. The van der Waals surface area contributed by atoms with E-state index in [1.54, 1.807) is 63.8 Å². The molecule has 0 spiro atoms. The average molecular weight is 415 g/mol. The zero-order valence-corrected chi connectivity index (χ0v) is 18.6. The number of Topliss-reactive ketones (excluding diaryl/α,β-unsaturated/α-hetero) is 1. The molecule has 0 aliphatic heterocycles. The van der Waals surface area contributed by atoms with E-state index < -0.39 is 5.97 Å². The maximum Gasteiger partial charge on any atom is 0.355 e. The van der Waals surface area contributed by atoms with Crippen LogP contribution in [0.25, 0.3) is 0 Å². The molecule has 0 aliphatic rings. The van der Waals surface area contributed by atoms with Crippen molar-refractivity contribution in [3.63, 3.8) is 0 Å². The van der Waals surface area contributed by atoms with Crippen molar-refractivity contribution in [1.82, 2.24) is 9.47 Å². The molecule has 0 radical (unpaired) electrons. The minimum absolute atomic E-state index is 0.0716. The molecule has 1 aromatic carbocycles. The first-order chi connectivity index (χ1) is 14.3. The number of esters is 1. The van der Waals surface area contributed by atoms with Crippen LogP contribution in [0.5, 0.6) is 5.75 Å². The molecule has 7 nitrogen and oxygen atoms in total. The summed E-state index contributed by atoms with van der Waals surface area (Å²) in [5.74, 6) is -0.322. The first-order valence-electron chi connectivity index (χ1n) is 10.1. The highest BCUT2D eigenvalue weighted by Crippen LogP contribution is 2.23. The molecule has 30 heavy (non-hydrogen) atoms. The third-order valence-electron chi connectivity index (χ3n) is 5.11. The number of ether oxygens (including phenoxy) is 2. The number of ketones is 1. The van der Waals surface area contributed by atoms with Gasteiger partial charge in [-0.15, -0.1) is 0 Å². The highest BCUT2D eigenvalue weighted by atomic mass is 16.5. The third-order valence-corrected chi connectivity index (χ3v) is 5.11. The molecule has 2 rings (SSSR count). The number of aromatic nitrogens is 1. The maximum atomic E-state index is 13.2. The van der Waals surface area contributed by atoms with Crippen LogP contribution in [0.1, 0.15) is 62.7 Å². The van der Waals surface area contributed by atoms with Gasteiger partial charge in [-0.2, -0.15) is 0 Å². The number of methoxy groups -OCH3 is 1. The molecule has 2 aromatic rings. The van der Waals surface area contributed by atoms with E-state index in [9.17, 15) is 14.4 Å². The van der Waals surface area contributed by atoms with Crippen LogP contribution < -0.4 is 4.74 Å². The summed E-state index contributed by atoms with van der Waals surface area (Å²) in [4.78, 5) is 40.1. The number of nitrogens with zero attached hydrogens (tertiary/aromatic N) is 2. The van der Waals surface area contributed by atoms with Gasteiger partial charge in [0, 0.05) is 30.4 Å². The van der Waals surface area contributed by atoms with Gasteiger partial charge in [-0.1, -0.05) is 13.0 Å². The van der Waals surface area contributed by atoms with Crippen LogP contribution in [0, 0.1) is 13.8 Å². The normalized spacial score (nSPS) is 10.6. The van der Waals surface area contributed by atoms with Gasteiger partial charge in [0.25, 0.3) is 5.91 Å². The van der Waals surface area contributed by atoms with Gasteiger partial charge in [-0.3, -0.25) is 9.59 Å². The molecule has 0 aliphatic carbocycles. The van der Waals surface area contributed by atoms with Crippen LogP contribution in [0.15, 0.2) is 24.3 Å². The number of hydrogen-bond acceptors (Lipinski definition) is 5. The highest BCUT2D eigenvalue weighted by Gasteiger charge is 2.27. The Morgan fingerprint density at radius 1 is 1.13 bits per heavy atom. The predicted molar refractivity (Wildman–Crippen MR) is 114 cm³/mol. The zero-order chi connectivity index (χ0) is 22.4. The summed E-state index contributed by atoms with van der Waals surface area (Å²) in [7, 11) is 3.27. The summed E-state index contributed by atoms with van der Waals surface area (Å²) in [5.41, 5.74) is 2.53. The van der Waals surface area contributed by atoms with Crippen LogP contribution in [0.3, 0.4) is 0 Å². The van der Waals surface area contributed by atoms with Gasteiger partial charge in [0.05, 0.1) is 20.3 Å². The number of hydrogen-bond donors (Lipinski definition) is 0. The molecule has 0 atom stereocenters. The summed E-state index contributed by atoms with van der Waals surface area (Å²) >= 11 is 0. The van der Waals surface area contributed by atoms with Crippen molar-refractivity contribution >= 4 is 17.7 Å². The van der Waals surface area contributed by atoms with Gasteiger partial charge in [0.2, 0.25) is 0 Å². The first kappa shape index (κ1) is 23.2. The first-order valence-corrected chi connectivity index (χ1v) is 10.1. The fourth-order valence-corrected chi connectivity index (χ4v) is 3.59. The van der Waals surface area contributed by atoms with Crippen molar-refractivity contribution < 1.29 is 23.9 Å². The van der Waals surface area contributed by atoms with Crippen molar-refractivity contribution in [3.05, 3.63) is 52.3 Å². The number of carbonyl (C=O) groups excluding carboxylic acids is 3. The molecule has 162 valence electrons. The molecule has 1 aromatic heterocycles. The topological polar surface area (TPSA) is 77.8 Å². The predicted octanol–water partition coefficient (Wildman–Crippen LogP) is 3.56. The number of carbonyl (C=O) groups is 3. The van der Waals surface area contributed by atoms with Crippen molar-refractivity contribution in [1.29, 1.82) is 0 Å². The van der Waals surface area contributed by atoms with Crippen LogP contribution in [0.4, 0.5) is 0 Å². The zero-order valence-electron chi connectivity index (χ0n) is 18.6. The van der Waals surface area contributed by atoms with Crippen LogP contribution in [0.2, 0.25) is 0 Å².